The number of aromatic nitrogens is 1. The molecule has 0 unspecified atom stereocenters. The van der Waals surface area contributed by atoms with Gasteiger partial charge < -0.3 is 14.5 Å². The maximum Gasteiger partial charge on any atom is 0.325 e. The van der Waals surface area contributed by atoms with E-state index in [0.717, 1.165) is 4.90 Å². The van der Waals surface area contributed by atoms with Crippen LogP contribution in [0.3, 0.4) is 0 Å². The third-order valence-electron chi connectivity index (χ3n) is 5.26. The Bertz CT molecular complexity index is 1100. The molecule has 30 heavy (non-hydrogen) atoms. The van der Waals surface area contributed by atoms with E-state index in [4.69, 9.17) is 20.8 Å². The van der Waals surface area contributed by atoms with Crippen molar-refractivity contribution in [3.05, 3.63) is 71.1 Å². The van der Waals surface area contributed by atoms with Crippen LogP contribution in [0.5, 0.6) is 5.75 Å². The summed E-state index contributed by atoms with van der Waals surface area (Å²) >= 11 is 6.19. The van der Waals surface area contributed by atoms with Crippen molar-refractivity contribution >= 4 is 23.5 Å². The summed E-state index contributed by atoms with van der Waals surface area (Å²) in [5.74, 6) is 0.676. The lowest BCUT2D eigenvalue weighted by Gasteiger charge is -2.25. The number of halogens is 1. The van der Waals surface area contributed by atoms with E-state index in [1.807, 2.05) is 19.1 Å². The van der Waals surface area contributed by atoms with Crippen LogP contribution in [0, 0.1) is 0 Å². The molecule has 7 nitrogen and oxygen atoms in total. The van der Waals surface area contributed by atoms with Crippen LogP contribution >= 0.6 is 11.6 Å². The van der Waals surface area contributed by atoms with Gasteiger partial charge >= 0.3 is 6.03 Å². The van der Waals surface area contributed by atoms with Gasteiger partial charge in [-0.25, -0.2) is 9.78 Å². The normalized spacial score (nSPS) is 18.6. The van der Waals surface area contributed by atoms with Crippen molar-refractivity contribution < 1.29 is 18.7 Å². The molecule has 0 saturated carbocycles. The number of methoxy groups -OCH3 is 1. The molecule has 3 amide bonds. The van der Waals surface area contributed by atoms with Gasteiger partial charge in [-0.1, -0.05) is 42.8 Å². The van der Waals surface area contributed by atoms with E-state index in [1.165, 1.54) is 6.26 Å². The average molecular weight is 426 g/mol. The summed E-state index contributed by atoms with van der Waals surface area (Å²) in [6.45, 7) is 1.86. The first-order valence-corrected chi connectivity index (χ1v) is 9.84. The van der Waals surface area contributed by atoms with E-state index in [1.54, 1.807) is 43.5 Å². The maximum atomic E-state index is 13.3. The molecule has 4 rings (SSSR count). The molecule has 1 N–H and O–H groups in total. The SMILES string of the molecule is CC[C@@]1(c2ccc(OC)cc2)NC(=O)N(Cc2coc(-c3ccccc3Cl)n2)C1=O. The first-order chi connectivity index (χ1) is 14.5. The van der Waals surface area contributed by atoms with E-state index in [0.29, 0.717) is 39.9 Å². The molecule has 0 spiro atoms. The molecule has 1 fully saturated rings. The highest BCUT2D eigenvalue weighted by Gasteiger charge is 2.51. The molecule has 1 aliphatic rings. The van der Waals surface area contributed by atoms with E-state index in [9.17, 15) is 9.59 Å². The second-order valence-corrected chi connectivity index (χ2v) is 7.34. The molecular formula is C22H20ClN3O4. The van der Waals surface area contributed by atoms with Gasteiger partial charge in [0.25, 0.3) is 5.91 Å². The van der Waals surface area contributed by atoms with Gasteiger partial charge in [0.2, 0.25) is 5.89 Å². The van der Waals surface area contributed by atoms with Crippen LogP contribution in [-0.2, 0) is 16.9 Å². The minimum absolute atomic E-state index is 0.00345. The number of imide groups is 1. The number of amides is 3. The monoisotopic (exact) mass is 425 g/mol. The van der Waals surface area contributed by atoms with Crippen LogP contribution < -0.4 is 10.1 Å². The Labute approximate surface area is 178 Å². The Morgan fingerprint density at radius 3 is 2.57 bits per heavy atom. The number of oxazole rings is 1. The molecule has 1 atom stereocenters. The fraction of sp³-hybridized carbons (Fsp3) is 0.227. The first-order valence-electron chi connectivity index (χ1n) is 9.46. The molecule has 1 saturated heterocycles. The van der Waals surface area contributed by atoms with Gasteiger partial charge in [0.15, 0.2) is 0 Å². The van der Waals surface area contributed by atoms with Crippen LogP contribution in [0.15, 0.2) is 59.2 Å². The van der Waals surface area contributed by atoms with Crippen molar-refractivity contribution in [3.8, 4) is 17.2 Å². The third-order valence-corrected chi connectivity index (χ3v) is 5.59. The largest absolute Gasteiger partial charge is 0.497 e. The third kappa shape index (κ3) is 3.31. The maximum absolute atomic E-state index is 13.3. The zero-order valence-corrected chi connectivity index (χ0v) is 17.3. The van der Waals surface area contributed by atoms with E-state index >= 15 is 0 Å². The second-order valence-electron chi connectivity index (χ2n) is 6.93. The lowest BCUT2D eigenvalue weighted by molar-refractivity contribution is -0.132. The summed E-state index contributed by atoms with van der Waals surface area (Å²) in [5, 5.41) is 3.36. The Kier molecular flexibility index (Phi) is 5.22. The van der Waals surface area contributed by atoms with Crippen LogP contribution in [0.4, 0.5) is 4.79 Å². The van der Waals surface area contributed by atoms with E-state index < -0.39 is 11.6 Å². The van der Waals surface area contributed by atoms with Crippen molar-refractivity contribution in [1.82, 2.24) is 15.2 Å². The Morgan fingerprint density at radius 1 is 1.17 bits per heavy atom. The number of ether oxygens (including phenoxy) is 1. The Balaban J connectivity index is 1.59. The summed E-state index contributed by atoms with van der Waals surface area (Å²) in [4.78, 5) is 31.5. The summed E-state index contributed by atoms with van der Waals surface area (Å²) in [6.07, 6.45) is 1.84. The smallest absolute Gasteiger partial charge is 0.325 e. The predicted octanol–water partition coefficient (Wildman–Crippen LogP) is 4.36. The molecular weight excluding hydrogens is 406 g/mol. The summed E-state index contributed by atoms with van der Waals surface area (Å²) < 4.78 is 10.7. The van der Waals surface area contributed by atoms with Crippen molar-refractivity contribution in [2.24, 2.45) is 0 Å². The van der Waals surface area contributed by atoms with Gasteiger partial charge in [-0.15, -0.1) is 0 Å². The summed E-state index contributed by atoms with van der Waals surface area (Å²) in [7, 11) is 1.57. The molecule has 0 bridgehead atoms. The lowest BCUT2D eigenvalue weighted by Crippen LogP contribution is -2.43. The summed E-state index contributed by atoms with van der Waals surface area (Å²) in [6, 6.07) is 13.8. The van der Waals surface area contributed by atoms with Crippen molar-refractivity contribution in [1.29, 1.82) is 0 Å². The number of carbonyl (C=O) groups excluding carboxylic acids is 2. The van der Waals surface area contributed by atoms with Gasteiger partial charge in [0.05, 0.1) is 29.9 Å². The zero-order chi connectivity index (χ0) is 21.3. The average Bonchev–Trinajstić information content (AvgIpc) is 3.33. The van der Waals surface area contributed by atoms with Crippen LogP contribution in [0.1, 0.15) is 24.6 Å². The molecule has 3 aromatic rings. The molecule has 2 aromatic carbocycles. The van der Waals surface area contributed by atoms with Gasteiger partial charge in [0, 0.05) is 0 Å². The minimum Gasteiger partial charge on any atom is -0.497 e. The van der Waals surface area contributed by atoms with Crippen molar-refractivity contribution in [2.75, 3.05) is 7.11 Å². The molecule has 1 aliphatic heterocycles. The number of benzene rings is 2. The minimum atomic E-state index is -1.13. The van der Waals surface area contributed by atoms with Crippen LogP contribution in [-0.4, -0.2) is 28.9 Å². The van der Waals surface area contributed by atoms with Gasteiger partial charge in [-0.05, 0) is 36.2 Å². The first kappa shape index (κ1) is 20.0. The number of carbonyl (C=O) groups is 2. The number of hydrogen-bond donors (Lipinski definition) is 1. The highest BCUT2D eigenvalue weighted by atomic mass is 35.5. The number of rotatable bonds is 6. The number of nitrogens with one attached hydrogen (secondary N) is 1. The molecule has 1 aromatic heterocycles. The standard InChI is InChI=1S/C22H20ClN3O4/c1-3-22(14-8-10-16(29-2)11-9-14)20(27)26(21(28)25-22)12-15-13-30-19(24-15)17-6-4-5-7-18(17)23/h4-11,13H,3,12H2,1-2H3,(H,25,28)/t22-/m0/s1. The lowest BCUT2D eigenvalue weighted by atomic mass is 9.87. The fourth-order valence-corrected chi connectivity index (χ4v) is 3.80. The molecule has 2 heterocycles. The van der Waals surface area contributed by atoms with Crippen LogP contribution in [0.2, 0.25) is 5.02 Å². The molecule has 0 aliphatic carbocycles. The van der Waals surface area contributed by atoms with Gasteiger partial charge in [0.1, 0.15) is 17.6 Å². The highest BCUT2D eigenvalue weighted by Crippen LogP contribution is 2.34. The number of urea groups is 1. The molecule has 8 heteroatoms. The fourth-order valence-electron chi connectivity index (χ4n) is 3.58. The number of hydrogen-bond acceptors (Lipinski definition) is 5. The molecule has 154 valence electrons. The van der Waals surface area contributed by atoms with Crippen molar-refractivity contribution in [2.45, 2.75) is 25.4 Å². The van der Waals surface area contributed by atoms with Crippen LogP contribution in [0.25, 0.3) is 11.5 Å². The zero-order valence-electron chi connectivity index (χ0n) is 16.5. The second kappa shape index (κ2) is 7.84. The summed E-state index contributed by atoms with van der Waals surface area (Å²) in [5.41, 5.74) is 0.668. The highest BCUT2D eigenvalue weighted by molar-refractivity contribution is 6.33. The Morgan fingerprint density at radius 2 is 1.90 bits per heavy atom. The van der Waals surface area contributed by atoms with Gasteiger partial charge in [-0.2, -0.15) is 0 Å². The Hall–Kier alpha value is -3.32. The molecule has 0 radical (unpaired) electrons. The predicted molar refractivity (Wildman–Crippen MR) is 111 cm³/mol. The topological polar surface area (TPSA) is 84.7 Å². The van der Waals surface area contributed by atoms with Crippen molar-refractivity contribution in [3.63, 3.8) is 0 Å². The van der Waals surface area contributed by atoms with E-state index in [-0.39, 0.29) is 12.5 Å². The quantitative estimate of drug-likeness (QED) is 0.593. The van der Waals surface area contributed by atoms with Gasteiger partial charge in [-0.3, -0.25) is 9.69 Å². The van der Waals surface area contributed by atoms with E-state index in [2.05, 4.69) is 10.3 Å². The number of nitrogens with zero attached hydrogens (tertiary/aromatic N) is 2.